The first-order valence-corrected chi connectivity index (χ1v) is 3.92. The standard InChI is InChI=1S/C10H15F/c1-4-9(5-2)7-8-10(11)6-3/h6-8H,3-5H2,1-2H3. The molecule has 1 heteroatoms. The lowest BCUT2D eigenvalue weighted by atomic mass is 10.1. The average Bonchev–Trinajstić information content (AvgIpc) is 2.06. The number of allylic oxidation sites excluding steroid dienone is 5. The van der Waals surface area contributed by atoms with Crippen molar-refractivity contribution in [1.29, 1.82) is 0 Å². The lowest BCUT2D eigenvalue weighted by Gasteiger charge is -1.95. The van der Waals surface area contributed by atoms with E-state index in [-0.39, 0.29) is 5.83 Å². The molecule has 0 amide bonds. The van der Waals surface area contributed by atoms with E-state index in [0.29, 0.717) is 0 Å². The molecule has 0 aliphatic rings. The van der Waals surface area contributed by atoms with Crippen LogP contribution in [0.3, 0.4) is 0 Å². The number of halogens is 1. The summed E-state index contributed by atoms with van der Waals surface area (Å²) >= 11 is 0. The van der Waals surface area contributed by atoms with Gasteiger partial charge in [-0.05, 0) is 25.0 Å². The molecule has 0 bridgehead atoms. The number of hydrogen-bond acceptors (Lipinski definition) is 0. The van der Waals surface area contributed by atoms with Gasteiger partial charge >= 0.3 is 0 Å². The third-order valence-corrected chi connectivity index (χ3v) is 1.58. The van der Waals surface area contributed by atoms with Gasteiger partial charge < -0.3 is 0 Å². The fraction of sp³-hybridized carbons (Fsp3) is 0.400. The van der Waals surface area contributed by atoms with Crippen molar-refractivity contribution in [3.8, 4) is 0 Å². The van der Waals surface area contributed by atoms with Crippen molar-refractivity contribution < 1.29 is 4.39 Å². The molecule has 11 heavy (non-hydrogen) atoms. The molecule has 0 atom stereocenters. The van der Waals surface area contributed by atoms with Crippen molar-refractivity contribution in [3.63, 3.8) is 0 Å². The van der Waals surface area contributed by atoms with Crippen LogP contribution in [0.25, 0.3) is 0 Å². The molecule has 0 fully saturated rings. The zero-order valence-corrected chi connectivity index (χ0v) is 7.23. The first-order valence-electron chi connectivity index (χ1n) is 3.92. The van der Waals surface area contributed by atoms with Crippen molar-refractivity contribution in [3.05, 3.63) is 36.2 Å². The summed E-state index contributed by atoms with van der Waals surface area (Å²) < 4.78 is 12.5. The van der Waals surface area contributed by atoms with Crippen molar-refractivity contribution in [1.82, 2.24) is 0 Å². The van der Waals surface area contributed by atoms with Gasteiger partial charge in [0.2, 0.25) is 0 Å². The Labute approximate surface area is 68.1 Å². The van der Waals surface area contributed by atoms with E-state index < -0.39 is 0 Å². The van der Waals surface area contributed by atoms with Gasteiger partial charge in [-0.15, -0.1) is 0 Å². The van der Waals surface area contributed by atoms with Crippen LogP contribution < -0.4 is 0 Å². The van der Waals surface area contributed by atoms with Crippen molar-refractivity contribution in [2.45, 2.75) is 26.7 Å². The summed E-state index contributed by atoms with van der Waals surface area (Å²) in [5, 5.41) is 0. The molecule has 0 unspecified atom stereocenters. The monoisotopic (exact) mass is 154 g/mol. The predicted molar refractivity (Wildman–Crippen MR) is 48.1 cm³/mol. The van der Waals surface area contributed by atoms with Gasteiger partial charge in [0.15, 0.2) is 0 Å². The van der Waals surface area contributed by atoms with E-state index in [9.17, 15) is 4.39 Å². The fourth-order valence-corrected chi connectivity index (χ4v) is 0.751. The smallest absolute Gasteiger partial charge is 0.122 e. The number of rotatable bonds is 4. The minimum atomic E-state index is -0.274. The van der Waals surface area contributed by atoms with Gasteiger partial charge in [-0.3, -0.25) is 0 Å². The Kier molecular flexibility index (Phi) is 5.44. The van der Waals surface area contributed by atoms with Gasteiger partial charge in [-0.25, -0.2) is 4.39 Å². The molecule has 0 rings (SSSR count). The molecule has 0 aromatic heterocycles. The van der Waals surface area contributed by atoms with Crippen LogP contribution in [0.1, 0.15) is 26.7 Å². The van der Waals surface area contributed by atoms with E-state index in [1.54, 1.807) is 0 Å². The van der Waals surface area contributed by atoms with E-state index in [4.69, 9.17) is 0 Å². The van der Waals surface area contributed by atoms with Crippen LogP contribution in [-0.4, -0.2) is 0 Å². The van der Waals surface area contributed by atoms with E-state index >= 15 is 0 Å². The van der Waals surface area contributed by atoms with E-state index in [2.05, 4.69) is 20.4 Å². The first-order chi connectivity index (χ1) is 5.24. The molecule has 0 aromatic rings. The van der Waals surface area contributed by atoms with Gasteiger partial charge in [0.05, 0.1) is 0 Å². The summed E-state index contributed by atoms with van der Waals surface area (Å²) in [7, 11) is 0. The minimum absolute atomic E-state index is 0.274. The summed E-state index contributed by atoms with van der Waals surface area (Å²) in [6.07, 6.45) is 6.45. The molecule has 62 valence electrons. The SMILES string of the molecule is C=CC(F)=CC=C(CC)CC. The summed E-state index contributed by atoms with van der Waals surface area (Å²) in [5.74, 6) is -0.274. The highest BCUT2D eigenvalue weighted by molar-refractivity contribution is 5.19. The zero-order chi connectivity index (χ0) is 8.69. The van der Waals surface area contributed by atoms with Crippen molar-refractivity contribution in [2.75, 3.05) is 0 Å². The minimum Gasteiger partial charge on any atom is -0.207 e. The molecule has 0 saturated heterocycles. The van der Waals surface area contributed by atoms with Gasteiger partial charge in [-0.2, -0.15) is 0 Å². The molecule has 0 N–H and O–H groups in total. The molecule has 0 saturated carbocycles. The highest BCUT2D eigenvalue weighted by Gasteiger charge is 1.87. The Morgan fingerprint density at radius 3 is 2.18 bits per heavy atom. The molecule has 0 spiro atoms. The van der Waals surface area contributed by atoms with Crippen LogP contribution in [0.15, 0.2) is 36.2 Å². The second kappa shape index (κ2) is 5.90. The maximum absolute atomic E-state index is 12.5. The van der Waals surface area contributed by atoms with Crippen molar-refractivity contribution in [2.24, 2.45) is 0 Å². The summed E-state index contributed by atoms with van der Waals surface area (Å²) in [6.45, 7) is 7.45. The van der Waals surface area contributed by atoms with Crippen LogP contribution in [-0.2, 0) is 0 Å². The van der Waals surface area contributed by atoms with Gasteiger partial charge in [0.25, 0.3) is 0 Å². The average molecular weight is 154 g/mol. The van der Waals surface area contributed by atoms with Crippen LogP contribution in [0.5, 0.6) is 0 Å². The topological polar surface area (TPSA) is 0 Å². The van der Waals surface area contributed by atoms with Gasteiger partial charge in [-0.1, -0.05) is 32.1 Å². The third kappa shape index (κ3) is 4.54. The molecule has 0 radical (unpaired) electrons. The predicted octanol–water partition coefficient (Wildman–Crippen LogP) is 3.77. The maximum Gasteiger partial charge on any atom is 0.122 e. The quantitative estimate of drug-likeness (QED) is 0.541. The highest BCUT2D eigenvalue weighted by atomic mass is 19.1. The molecule has 0 nitrogen and oxygen atoms in total. The Bertz CT molecular complexity index is 169. The Balaban J connectivity index is 4.17. The van der Waals surface area contributed by atoms with Crippen LogP contribution >= 0.6 is 0 Å². The molecule has 0 aliphatic carbocycles. The Hall–Kier alpha value is -0.850. The molecular formula is C10H15F. The van der Waals surface area contributed by atoms with Crippen LogP contribution in [0.4, 0.5) is 4.39 Å². The summed E-state index contributed by atoms with van der Waals surface area (Å²) in [4.78, 5) is 0. The first kappa shape index (κ1) is 10.2. The van der Waals surface area contributed by atoms with E-state index in [1.165, 1.54) is 17.7 Å². The molecule has 0 heterocycles. The molecule has 0 aromatic carbocycles. The normalized spacial score (nSPS) is 11.0. The third-order valence-electron chi connectivity index (χ3n) is 1.58. The largest absolute Gasteiger partial charge is 0.207 e. The number of hydrogen-bond donors (Lipinski definition) is 0. The fourth-order valence-electron chi connectivity index (χ4n) is 0.751. The lowest BCUT2D eigenvalue weighted by Crippen LogP contribution is -1.75. The van der Waals surface area contributed by atoms with Crippen LogP contribution in [0, 0.1) is 0 Å². The Morgan fingerprint density at radius 2 is 1.82 bits per heavy atom. The van der Waals surface area contributed by atoms with Crippen molar-refractivity contribution >= 4 is 0 Å². The maximum atomic E-state index is 12.5. The van der Waals surface area contributed by atoms with Crippen LogP contribution in [0.2, 0.25) is 0 Å². The van der Waals surface area contributed by atoms with Gasteiger partial charge in [0.1, 0.15) is 5.83 Å². The zero-order valence-electron chi connectivity index (χ0n) is 7.23. The molecule has 0 aliphatic heterocycles. The second-order valence-electron chi connectivity index (χ2n) is 2.29. The van der Waals surface area contributed by atoms with Gasteiger partial charge in [0, 0.05) is 0 Å². The highest BCUT2D eigenvalue weighted by Crippen LogP contribution is 2.07. The van der Waals surface area contributed by atoms with E-state index in [1.807, 2.05) is 6.08 Å². The summed E-state index contributed by atoms with van der Waals surface area (Å²) in [6, 6.07) is 0. The van der Waals surface area contributed by atoms with E-state index in [0.717, 1.165) is 12.8 Å². The second-order valence-corrected chi connectivity index (χ2v) is 2.29. The molecular weight excluding hydrogens is 139 g/mol. The Morgan fingerprint density at radius 1 is 1.27 bits per heavy atom. The lowest BCUT2D eigenvalue weighted by molar-refractivity contribution is 0.667. The summed E-state index contributed by atoms with van der Waals surface area (Å²) in [5.41, 5.74) is 1.25.